The van der Waals surface area contributed by atoms with Crippen molar-refractivity contribution in [2.24, 2.45) is 5.92 Å². The summed E-state index contributed by atoms with van der Waals surface area (Å²) < 4.78 is 50.2. The van der Waals surface area contributed by atoms with Gasteiger partial charge in [0.1, 0.15) is 0 Å². The first-order valence-electron chi connectivity index (χ1n) is 4.14. The number of hydrogen-bond acceptors (Lipinski definition) is 0. The molecule has 0 aromatic carbocycles. The lowest BCUT2D eigenvalue weighted by molar-refractivity contribution is -0.185. The predicted molar refractivity (Wildman–Crippen MR) is 37.5 cm³/mol. The Morgan fingerprint density at radius 1 is 1.08 bits per heavy atom. The van der Waals surface area contributed by atoms with E-state index in [9.17, 15) is 17.6 Å². The first kappa shape index (κ1) is 9.81. The van der Waals surface area contributed by atoms with E-state index in [4.69, 9.17) is 0 Å². The van der Waals surface area contributed by atoms with Gasteiger partial charge in [-0.25, -0.2) is 0 Å². The Kier molecular flexibility index (Phi) is 2.36. The van der Waals surface area contributed by atoms with Crippen LogP contribution >= 0.6 is 0 Å². The van der Waals surface area contributed by atoms with Gasteiger partial charge >= 0.3 is 11.8 Å². The molecule has 0 unspecified atom stereocenters. The molecule has 12 heavy (non-hydrogen) atoms. The summed E-state index contributed by atoms with van der Waals surface area (Å²) in [5.74, 6) is -8.04. The molecule has 0 N–H and O–H groups in total. The molecule has 1 saturated carbocycles. The molecule has 0 bridgehead atoms. The molecule has 0 atom stereocenters. The van der Waals surface area contributed by atoms with Gasteiger partial charge in [-0.15, -0.1) is 0 Å². The Morgan fingerprint density at radius 3 is 1.83 bits per heavy atom. The fourth-order valence-electron chi connectivity index (χ4n) is 1.71. The van der Waals surface area contributed by atoms with Crippen molar-refractivity contribution in [1.29, 1.82) is 0 Å². The zero-order valence-corrected chi connectivity index (χ0v) is 6.92. The number of rotatable bonds is 2. The number of hydrogen-bond donors (Lipinski definition) is 0. The Balaban J connectivity index is 2.61. The molecule has 4 heteroatoms. The van der Waals surface area contributed by atoms with Crippen molar-refractivity contribution in [3.05, 3.63) is 0 Å². The fourth-order valence-corrected chi connectivity index (χ4v) is 1.71. The Labute approximate surface area is 69.0 Å². The summed E-state index contributed by atoms with van der Waals surface area (Å²) in [5.41, 5.74) is 0. The van der Waals surface area contributed by atoms with Crippen LogP contribution in [0.1, 0.15) is 32.6 Å². The van der Waals surface area contributed by atoms with Crippen LogP contribution in [0.25, 0.3) is 0 Å². The molecule has 0 aromatic heterocycles. The molecule has 0 nitrogen and oxygen atoms in total. The first-order chi connectivity index (χ1) is 5.39. The van der Waals surface area contributed by atoms with Crippen molar-refractivity contribution in [3.63, 3.8) is 0 Å². The van der Waals surface area contributed by atoms with Crippen LogP contribution in [-0.2, 0) is 0 Å². The maximum Gasteiger partial charge on any atom is 0.310 e. The molecule has 1 aliphatic rings. The van der Waals surface area contributed by atoms with Crippen molar-refractivity contribution in [2.75, 3.05) is 0 Å². The molecule has 72 valence electrons. The second kappa shape index (κ2) is 2.89. The Bertz CT molecular complexity index is 148. The third-order valence-corrected chi connectivity index (χ3v) is 2.32. The van der Waals surface area contributed by atoms with Crippen LogP contribution in [0.3, 0.4) is 0 Å². The molecule has 0 amide bonds. The average Bonchev–Trinajstić information content (AvgIpc) is 2.02. The van der Waals surface area contributed by atoms with E-state index in [0.717, 1.165) is 0 Å². The minimum atomic E-state index is -3.77. The third-order valence-electron chi connectivity index (χ3n) is 2.32. The van der Waals surface area contributed by atoms with Crippen LogP contribution in [0.5, 0.6) is 0 Å². The van der Waals surface area contributed by atoms with Crippen LogP contribution in [0.4, 0.5) is 17.6 Å². The predicted octanol–water partition coefficient (Wildman–Crippen LogP) is 3.47. The highest BCUT2D eigenvalue weighted by Gasteiger charge is 2.62. The van der Waals surface area contributed by atoms with Crippen molar-refractivity contribution in [1.82, 2.24) is 0 Å². The molecule has 1 aliphatic carbocycles. The molecule has 0 aromatic rings. The number of halogens is 4. The summed E-state index contributed by atoms with van der Waals surface area (Å²) in [7, 11) is 0. The van der Waals surface area contributed by atoms with Crippen LogP contribution in [0.2, 0.25) is 0 Å². The highest BCUT2D eigenvalue weighted by molar-refractivity contribution is 4.95. The molecule has 0 saturated heterocycles. The van der Waals surface area contributed by atoms with Crippen molar-refractivity contribution < 1.29 is 17.6 Å². The fraction of sp³-hybridized carbons (Fsp3) is 1.00. The lowest BCUT2D eigenvalue weighted by atomic mass is 10.0. The topological polar surface area (TPSA) is 0 Å². The van der Waals surface area contributed by atoms with Crippen LogP contribution in [-0.4, -0.2) is 11.8 Å². The summed E-state index contributed by atoms with van der Waals surface area (Å²) >= 11 is 0. The third kappa shape index (κ3) is 1.57. The summed E-state index contributed by atoms with van der Waals surface area (Å²) in [5, 5.41) is 0. The zero-order valence-electron chi connectivity index (χ0n) is 6.92. The van der Waals surface area contributed by atoms with Crippen LogP contribution in [0.15, 0.2) is 0 Å². The SMILES string of the molecule is CCCC1CC(F)(F)C(F)(F)C1. The second-order valence-electron chi connectivity index (χ2n) is 3.47. The van der Waals surface area contributed by atoms with Gasteiger partial charge in [-0.05, 0) is 5.92 Å². The second-order valence-corrected chi connectivity index (χ2v) is 3.47. The van der Waals surface area contributed by atoms with Crippen molar-refractivity contribution in [2.45, 2.75) is 44.5 Å². The van der Waals surface area contributed by atoms with E-state index in [1.807, 2.05) is 6.92 Å². The van der Waals surface area contributed by atoms with E-state index in [1.54, 1.807) is 0 Å². The first-order valence-corrected chi connectivity index (χ1v) is 4.14. The van der Waals surface area contributed by atoms with Gasteiger partial charge in [0.2, 0.25) is 0 Å². The Morgan fingerprint density at radius 2 is 1.50 bits per heavy atom. The van der Waals surface area contributed by atoms with E-state index < -0.39 is 30.6 Å². The lowest BCUT2D eigenvalue weighted by Crippen LogP contribution is -2.33. The average molecular weight is 184 g/mol. The van der Waals surface area contributed by atoms with Crippen molar-refractivity contribution in [3.8, 4) is 0 Å². The van der Waals surface area contributed by atoms with Crippen LogP contribution < -0.4 is 0 Å². The minimum Gasteiger partial charge on any atom is -0.200 e. The Hall–Kier alpha value is -0.280. The molecule has 0 aliphatic heterocycles. The van der Waals surface area contributed by atoms with Gasteiger partial charge in [0.05, 0.1) is 0 Å². The minimum absolute atomic E-state index is 0.477. The van der Waals surface area contributed by atoms with Gasteiger partial charge in [0, 0.05) is 12.8 Å². The summed E-state index contributed by atoms with van der Waals surface area (Å²) in [4.78, 5) is 0. The number of alkyl halides is 4. The summed E-state index contributed by atoms with van der Waals surface area (Å²) in [6.45, 7) is 1.81. The van der Waals surface area contributed by atoms with E-state index >= 15 is 0 Å². The van der Waals surface area contributed by atoms with Gasteiger partial charge < -0.3 is 0 Å². The normalized spacial score (nSPS) is 27.8. The largest absolute Gasteiger partial charge is 0.310 e. The summed E-state index contributed by atoms with van der Waals surface area (Å²) in [6.07, 6.45) is -0.121. The van der Waals surface area contributed by atoms with Gasteiger partial charge in [-0.1, -0.05) is 19.8 Å². The quantitative estimate of drug-likeness (QED) is 0.576. The van der Waals surface area contributed by atoms with E-state index in [0.29, 0.717) is 12.8 Å². The summed E-state index contributed by atoms with van der Waals surface area (Å²) in [6, 6.07) is 0. The van der Waals surface area contributed by atoms with Gasteiger partial charge in [0.15, 0.2) is 0 Å². The van der Waals surface area contributed by atoms with Gasteiger partial charge in [0.25, 0.3) is 0 Å². The van der Waals surface area contributed by atoms with Gasteiger partial charge in [-0.3, -0.25) is 0 Å². The van der Waals surface area contributed by atoms with E-state index in [2.05, 4.69) is 0 Å². The molecule has 0 spiro atoms. The molecule has 1 fully saturated rings. The molecule has 0 radical (unpaired) electrons. The molecular formula is C8H12F4. The molecular weight excluding hydrogens is 172 g/mol. The maximum atomic E-state index is 12.5. The lowest BCUT2D eigenvalue weighted by Gasteiger charge is -2.16. The van der Waals surface area contributed by atoms with E-state index in [-0.39, 0.29) is 0 Å². The maximum absolute atomic E-state index is 12.5. The highest BCUT2D eigenvalue weighted by atomic mass is 19.3. The molecule has 0 heterocycles. The standard InChI is InChI=1S/C8H12F4/c1-2-3-6-4-7(9,10)8(11,12)5-6/h6H,2-5H2,1H3. The molecule has 1 rings (SSSR count). The van der Waals surface area contributed by atoms with Crippen molar-refractivity contribution >= 4 is 0 Å². The monoisotopic (exact) mass is 184 g/mol. The van der Waals surface area contributed by atoms with Gasteiger partial charge in [-0.2, -0.15) is 17.6 Å². The zero-order chi connectivity index (χ0) is 9.41. The van der Waals surface area contributed by atoms with E-state index in [1.165, 1.54) is 0 Å². The smallest absolute Gasteiger partial charge is 0.200 e. The highest BCUT2D eigenvalue weighted by Crippen LogP contribution is 2.51. The van der Waals surface area contributed by atoms with Crippen LogP contribution in [0, 0.1) is 5.92 Å².